The summed E-state index contributed by atoms with van der Waals surface area (Å²) in [6.45, 7) is 4.65. The lowest BCUT2D eigenvalue weighted by Crippen LogP contribution is -2.39. The fraction of sp³-hybridized carbons (Fsp3) is 0.292. The van der Waals surface area contributed by atoms with Gasteiger partial charge in [-0.05, 0) is 56.5 Å². The molecule has 33 heavy (non-hydrogen) atoms. The zero-order valence-corrected chi connectivity index (χ0v) is 18.5. The maximum Gasteiger partial charge on any atom is 0.219 e. The second kappa shape index (κ2) is 8.39. The maximum absolute atomic E-state index is 9.50. The lowest BCUT2D eigenvalue weighted by atomic mass is 10.0. The quantitative estimate of drug-likeness (QED) is 0.472. The van der Waals surface area contributed by atoms with Gasteiger partial charge in [-0.25, -0.2) is 19.6 Å². The predicted octanol–water partition coefficient (Wildman–Crippen LogP) is 4.08. The average molecular weight is 441 g/mol. The van der Waals surface area contributed by atoms with E-state index in [9.17, 15) is 5.26 Å². The van der Waals surface area contributed by atoms with Crippen molar-refractivity contribution in [2.24, 2.45) is 0 Å². The molecule has 0 radical (unpaired) electrons. The van der Waals surface area contributed by atoms with Gasteiger partial charge in [-0.15, -0.1) is 0 Å². The van der Waals surface area contributed by atoms with Gasteiger partial charge in [0.05, 0.1) is 18.0 Å². The van der Waals surface area contributed by atoms with Crippen LogP contribution in [0.15, 0.2) is 48.9 Å². The van der Waals surface area contributed by atoms with Crippen LogP contribution < -0.4 is 10.5 Å². The number of pyridine rings is 1. The molecule has 1 fully saturated rings. The molecule has 2 atom stereocenters. The minimum Gasteiger partial charge on any atom is -0.439 e. The summed E-state index contributed by atoms with van der Waals surface area (Å²) in [7, 11) is 0. The van der Waals surface area contributed by atoms with Gasteiger partial charge >= 0.3 is 0 Å². The normalized spacial score (nSPS) is 18.3. The van der Waals surface area contributed by atoms with Crippen molar-refractivity contribution in [3.05, 3.63) is 54.5 Å². The van der Waals surface area contributed by atoms with E-state index >= 15 is 0 Å². The van der Waals surface area contributed by atoms with E-state index in [1.807, 2.05) is 48.0 Å². The number of anilines is 1. The molecule has 9 nitrogen and oxygen atoms in total. The summed E-state index contributed by atoms with van der Waals surface area (Å²) in [5.41, 5.74) is 9.60. The van der Waals surface area contributed by atoms with Crippen molar-refractivity contribution in [3.63, 3.8) is 0 Å². The second-order valence-corrected chi connectivity index (χ2v) is 8.38. The number of nitrogen functional groups attached to an aromatic ring is 1. The minimum atomic E-state index is 0.0293. The first-order valence-corrected chi connectivity index (χ1v) is 10.9. The summed E-state index contributed by atoms with van der Waals surface area (Å²) in [4.78, 5) is 14.8. The summed E-state index contributed by atoms with van der Waals surface area (Å²) in [5.74, 6) is 1.59. The van der Waals surface area contributed by atoms with Crippen molar-refractivity contribution in [1.29, 1.82) is 5.26 Å². The maximum atomic E-state index is 9.50. The van der Waals surface area contributed by atoms with Gasteiger partial charge in [-0.2, -0.15) is 10.4 Å². The van der Waals surface area contributed by atoms with Gasteiger partial charge in [0.1, 0.15) is 23.6 Å². The highest BCUT2D eigenvalue weighted by molar-refractivity contribution is 5.98. The van der Waals surface area contributed by atoms with Crippen molar-refractivity contribution < 1.29 is 4.74 Å². The van der Waals surface area contributed by atoms with Crippen LogP contribution >= 0.6 is 0 Å². The predicted molar refractivity (Wildman–Crippen MR) is 124 cm³/mol. The van der Waals surface area contributed by atoms with Crippen LogP contribution in [-0.4, -0.2) is 42.2 Å². The molecule has 0 aliphatic carbocycles. The molecule has 1 aromatic carbocycles. The largest absolute Gasteiger partial charge is 0.439 e. The van der Waals surface area contributed by atoms with Gasteiger partial charge < -0.3 is 15.4 Å². The third-order valence-corrected chi connectivity index (χ3v) is 6.08. The Hall–Kier alpha value is -4.19. The van der Waals surface area contributed by atoms with Crippen LogP contribution in [-0.2, 0) is 0 Å². The first kappa shape index (κ1) is 20.7. The van der Waals surface area contributed by atoms with Crippen molar-refractivity contribution >= 4 is 16.9 Å². The molecule has 0 saturated carbocycles. The zero-order chi connectivity index (χ0) is 22.9. The number of fused-ring (bicyclic) bond motifs is 1. The summed E-state index contributed by atoms with van der Waals surface area (Å²) in [6.07, 6.45) is 7.35. The molecule has 0 spiro atoms. The zero-order valence-electron chi connectivity index (χ0n) is 18.5. The fourth-order valence-electron chi connectivity index (χ4n) is 4.19. The summed E-state index contributed by atoms with van der Waals surface area (Å²) in [6, 6.07) is 11.7. The molecule has 2 N–H and O–H groups in total. The van der Waals surface area contributed by atoms with Crippen molar-refractivity contribution in [2.75, 3.05) is 12.3 Å². The number of nitriles is 1. The van der Waals surface area contributed by atoms with Crippen LogP contribution in [0.1, 0.15) is 31.4 Å². The van der Waals surface area contributed by atoms with Gasteiger partial charge in [-0.1, -0.05) is 6.07 Å². The highest BCUT2D eigenvalue weighted by Crippen LogP contribution is 2.35. The molecule has 0 amide bonds. The number of benzene rings is 1. The van der Waals surface area contributed by atoms with Crippen LogP contribution in [0.25, 0.3) is 22.3 Å². The third-order valence-electron chi connectivity index (χ3n) is 6.08. The van der Waals surface area contributed by atoms with E-state index < -0.39 is 0 Å². The summed E-state index contributed by atoms with van der Waals surface area (Å²) >= 11 is 0. The van der Waals surface area contributed by atoms with Crippen LogP contribution in [0, 0.1) is 18.4 Å². The van der Waals surface area contributed by atoms with E-state index in [-0.39, 0.29) is 12.1 Å². The van der Waals surface area contributed by atoms with E-state index in [1.54, 1.807) is 11.1 Å². The average Bonchev–Trinajstić information content (AvgIpc) is 3.22. The van der Waals surface area contributed by atoms with E-state index in [1.165, 1.54) is 6.33 Å². The number of rotatable bonds is 4. The number of ether oxygens (including phenoxy) is 1. The van der Waals surface area contributed by atoms with Crippen LogP contribution in [0.4, 0.5) is 5.82 Å². The first-order chi connectivity index (χ1) is 16.0. The van der Waals surface area contributed by atoms with Crippen molar-refractivity contribution in [3.8, 4) is 29.1 Å². The first-order valence-electron chi connectivity index (χ1n) is 10.9. The van der Waals surface area contributed by atoms with Gasteiger partial charge in [0.15, 0.2) is 11.8 Å². The third kappa shape index (κ3) is 3.91. The summed E-state index contributed by atoms with van der Waals surface area (Å²) in [5, 5.41) is 15.1. The number of aromatic nitrogens is 5. The van der Waals surface area contributed by atoms with Crippen LogP contribution in [0.5, 0.6) is 11.6 Å². The molecule has 0 bridgehead atoms. The van der Waals surface area contributed by atoms with Gasteiger partial charge in [0.2, 0.25) is 5.88 Å². The van der Waals surface area contributed by atoms with Crippen LogP contribution in [0.2, 0.25) is 0 Å². The Morgan fingerprint density at radius 2 is 1.91 bits per heavy atom. The molecular formula is C24H24N8O. The Morgan fingerprint density at radius 3 is 2.64 bits per heavy atom. The standard InChI is InChI=1S/C24H24N8O/c1-15-3-10-20(27-11-15)33-19-8-5-17(6-9-19)22-21-23(26)28-14-29-24(21)32(30-22)18-7-4-16(2)31(12-18)13-25/h3,5-6,8-11,14,16,18H,4,7,12H2,1-2H3,(H2,26,28,29). The molecule has 4 aromatic rings. The Bertz CT molecular complexity index is 1320. The molecule has 3 aromatic heterocycles. The smallest absolute Gasteiger partial charge is 0.219 e. The molecule has 2 unspecified atom stereocenters. The summed E-state index contributed by atoms with van der Waals surface area (Å²) < 4.78 is 7.75. The van der Waals surface area contributed by atoms with E-state index in [2.05, 4.69) is 28.1 Å². The lowest BCUT2D eigenvalue weighted by molar-refractivity contribution is 0.179. The number of nitrogens with two attached hydrogens (primary N) is 1. The van der Waals surface area contributed by atoms with E-state index in [4.69, 9.17) is 15.6 Å². The molecule has 4 heterocycles. The number of nitrogens with zero attached hydrogens (tertiary/aromatic N) is 7. The highest BCUT2D eigenvalue weighted by atomic mass is 16.5. The number of hydrogen-bond donors (Lipinski definition) is 1. The number of piperidine rings is 1. The monoisotopic (exact) mass is 440 g/mol. The highest BCUT2D eigenvalue weighted by Gasteiger charge is 2.29. The van der Waals surface area contributed by atoms with Crippen LogP contribution in [0.3, 0.4) is 0 Å². The van der Waals surface area contributed by atoms with Gasteiger partial charge in [-0.3, -0.25) is 0 Å². The minimum absolute atomic E-state index is 0.0293. The topological polar surface area (TPSA) is 119 Å². The molecule has 9 heteroatoms. The SMILES string of the molecule is Cc1ccc(Oc2ccc(-c3nn(C4CCC(C)N(C#N)C4)c4ncnc(N)c34)cc2)nc1. The number of aryl methyl sites for hydroxylation is 1. The molecule has 166 valence electrons. The van der Waals surface area contributed by atoms with Crippen molar-refractivity contribution in [1.82, 2.24) is 29.6 Å². The van der Waals surface area contributed by atoms with Gasteiger partial charge in [0, 0.05) is 23.9 Å². The molecule has 1 aliphatic heterocycles. The molecule has 1 aliphatic rings. The Kier molecular flexibility index (Phi) is 5.26. The fourth-order valence-corrected chi connectivity index (χ4v) is 4.19. The molecule has 1 saturated heterocycles. The van der Waals surface area contributed by atoms with E-state index in [0.717, 1.165) is 24.0 Å². The van der Waals surface area contributed by atoms with E-state index in [0.29, 0.717) is 40.7 Å². The lowest BCUT2D eigenvalue weighted by Gasteiger charge is -2.34. The Balaban J connectivity index is 1.49. The number of hydrogen-bond acceptors (Lipinski definition) is 8. The number of likely N-dealkylation sites (tertiary alicyclic amines) is 1. The Morgan fingerprint density at radius 1 is 1.09 bits per heavy atom. The van der Waals surface area contributed by atoms with Crippen molar-refractivity contribution in [2.45, 2.75) is 38.8 Å². The van der Waals surface area contributed by atoms with Gasteiger partial charge in [0.25, 0.3) is 0 Å². The second-order valence-electron chi connectivity index (χ2n) is 8.38. The molecular weight excluding hydrogens is 416 g/mol. The Labute approximate surface area is 191 Å². The molecule has 5 rings (SSSR count).